The van der Waals surface area contributed by atoms with Crippen molar-refractivity contribution >= 4 is 5.97 Å². The summed E-state index contributed by atoms with van der Waals surface area (Å²) in [5.74, 6) is 0.307. The van der Waals surface area contributed by atoms with Gasteiger partial charge < -0.3 is 25.5 Å². The van der Waals surface area contributed by atoms with E-state index < -0.39 is 30.4 Å². The van der Waals surface area contributed by atoms with E-state index in [2.05, 4.69) is 20.8 Å². The fraction of sp³-hybridized carbons (Fsp3) is 0.958. The number of carboxylic acids is 1. The highest BCUT2D eigenvalue weighted by Crippen LogP contribution is 2.68. The first-order chi connectivity index (χ1) is 14.0. The summed E-state index contributed by atoms with van der Waals surface area (Å²) in [5.41, 5.74) is -0.492. The molecular formula is C24H40O6. The number of carbonyl (C=O) groups is 1. The minimum Gasteiger partial charge on any atom is -0.481 e. The molecule has 4 saturated carbocycles. The van der Waals surface area contributed by atoms with Crippen LogP contribution in [0.3, 0.4) is 0 Å². The molecule has 4 fully saturated rings. The van der Waals surface area contributed by atoms with Crippen LogP contribution < -0.4 is 0 Å². The van der Waals surface area contributed by atoms with Crippen molar-refractivity contribution in [1.82, 2.24) is 0 Å². The summed E-state index contributed by atoms with van der Waals surface area (Å²) in [7, 11) is 0. The van der Waals surface area contributed by atoms with Crippen LogP contribution in [0.5, 0.6) is 0 Å². The van der Waals surface area contributed by atoms with Gasteiger partial charge in [0.25, 0.3) is 0 Å². The number of hydrogen-bond donors (Lipinski definition) is 5. The Morgan fingerprint density at radius 1 is 0.967 bits per heavy atom. The smallest absolute Gasteiger partial charge is 0.303 e. The second-order valence-electron chi connectivity index (χ2n) is 11.6. The van der Waals surface area contributed by atoms with Crippen molar-refractivity contribution in [1.29, 1.82) is 0 Å². The second-order valence-corrected chi connectivity index (χ2v) is 11.6. The molecular weight excluding hydrogens is 384 g/mol. The van der Waals surface area contributed by atoms with Crippen LogP contribution in [0.2, 0.25) is 0 Å². The molecule has 0 radical (unpaired) electrons. The summed E-state index contributed by atoms with van der Waals surface area (Å²) < 4.78 is 0. The summed E-state index contributed by atoms with van der Waals surface area (Å²) in [5, 5.41) is 52.5. The SMILES string of the molecule is CC(CCC(=O)O)[C@H]1CC[C@H]2[C@@H]3[C@H](O)C[C@@H]4C[C@H](O)[C@H](O)C[C@]4(C)[C@H]3C[C@H](O)[C@]12C. The van der Waals surface area contributed by atoms with Crippen LogP contribution in [0, 0.1) is 46.3 Å². The van der Waals surface area contributed by atoms with Gasteiger partial charge in [0, 0.05) is 6.42 Å². The molecule has 4 aliphatic rings. The third kappa shape index (κ3) is 3.25. The lowest BCUT2D eigenvalue weighted by Crippen LogP contribution is -2.63. The summed E-state index contributed by atoms with van der Waals surface area (Å²) in [4.78, 5) is 11.1. The monoisotopic (exact) mass is 424 g/mol. The minimum atomic E-state index is -0.773. The molecule has 0 amide bonds. The zero-order valence-corrected chi connectivity index (χ0v) is 18.6. The van der Waals surface area contributed by atoms with E-state index in [0.717, 1.165) is 12.8 Å². The van der Waals surface area contributed by atoms with E-state index >= 15 is 0 Å². The second kappa shape index (κ2) is 7.72. The Labute approximate surface area is 179 Å². The van der Waals surface area contributed by atoms with Crippen LogP contribution in [0.15, 0.2) is 0 Å². The summed E-state index contributed by atoms with van der Waals surface area (Å²) in [6.45, 7) is 6.50. The van der Waals surface area contributed by atoms with Crippen LogP contribution in [-0.2, 0) is 4.79 Å². The molecule has 30 heavy (non-hydrogen) atoms. The first kappa shape index (κ1) is 22.5. The van der Waals surface area contributed by atoms with Crippen LogP contribution in [0.25, 0.3) is 0 Å². The first-order valence-corrected chi connectivity index (χ1v) is 11.9. The third-order valence-electron chi connectivity index (χ3n) is 10.4. The number of hydrogen-bond acceptors (Lipinski definition) is 5. The Bertz CT molecular complexity index is 668. The van der Waals surface area contributed by atoms with Crippen molar-refractivity contribution in [2.24, 2.45) is 46.3 Å². The molecule has 1 unspecified atom stereocenters. The van der Waals surface area contributed by atoms with E-state index in [-0.39, 0.29) is 52.8 Å². The largest absolute Gasteiger partial charge is 0.481 e. The fourth-order valence-electron chi connectivity index (χ4n) is 8.72. The zero-order valence-electron chi connectivity index (χ0n) is 18.6. The fourth-order valence-corrected chi connectivity index (χ4v) is 8.72. The standard InChI is InChI=1S/C24H40O6/c1-12(4-7-21(29)30)14-5-6-15-22-16(10-20(28)24(14,15)3)23(2)11-19(27)17(25)8-13(23)9-18(22)26/h12-20,22,25-28H,4-11H2,1-3H3,(H,29,30)/t12?,13-,14+,15-,16-,17-,18+,19+,20-,22-,23-,24+/m0/s1. The Hall–Kier alpha value is -0.690. The lowest BCUT2D eigenvalue weighted by Gasteiger charge is -2.64. The summed E-state index contributed by atoms with van der Waals surface area (Å²) >= 11 is 0. The van der Waals surface area contributed by atoms with Gasteiger partial charge in [0.1, 0.15) is 0 Å². The average molecular weight is 425 g/mol. The van der Waals surface area contributed by atoms with Gasteiger partial charge in [0.05, 0.1) is 24.4 Å². The number of aliphatic carboxylic acids is 1. The van der Waals surface area contributed by atoms with Crippen molar-refractivity contribution in [2.45, 2.75) is 96.6 Å². The highest BCUT2D eigenvalue weighted by Gasteiger charge is 2.66. The van der Waals surface area contributed by atoms with Gasteiger partial charge >= 0.3 is 5.97 Å². The molecule has 172 valence electrons. The maximum absolute atomic E-state index is 11.5. The van der Waals surface area contributed by atoms with Gasteiger partial charge in [-0.3, -0.25) is 4.79 Å². The van der Waals surface area contributed by atoms with E-state index in [9.17, 15) is 25.2 Å². The van der Waals surface area contributed by atoms with Crippen molar-refractivity contribution in [3.8, 4) is 0 Å². The molecule has 4 rings (SSSR count). The van der Waals surface area contributed by atoms with Crippen LogP contribution in [0.4, 0.5) is 0 Å². The highest BCUT2D eigenvalue weighted by atomic mass is 16.4. The molecule has 4 aliphatic carbocycles. The average Bonchev–Trinajstić information content (AvgIpc) is 3.02. The van der Waals surface area contributed by atoms with Gasteiger partial charge in [-0.25, -0.2) is 0 Å². The number of fused-ring (bicyclic) bond motifs is 5. The predicted molar refractivity (Wildman–Crippen MR) is 111 cm³/mol. The maximum Gasteiger partial charge on any atom is 0.303 e. The molecule has 0 heterocycles. The lowest BCUT2D eigenvalue weighted by atomic mass is 9.43. The molecule has 0 bridgehead atoms. The summed E-state index contributed by atoms with van der Waals surface area (Å²) in [6, 6.07) is 0. The van der Waals surface area contributed by atoms with Gasteiger partial charge in [-0.15, -0.1) is 0 Å². The molecule has 0 saturated heterocycles. The first-order valence-electron chi connectivity index (χ1n) is 11.9. The lowest BCUT2D eigenvalue weighted by molar-refractivity contribution is -0.219. The van der Waals surface area contributed by atoms with Crippen molar-refractivity contribution in [3.63, 3.8) is 0 Å². The van der Waals surface area contributed by atoms with E-state index in [4.69, 9.17) is 5.11 Å². The predicted octanol–water partition coefficient (Wildman–Crippen LogP) is 2.42. The molecule has 6 nitrogen and oxygen atoms in total. The van der Waals surface area contributed by atoms with Gasteiger partial charge in [0.2, 0.25) is 0 Å². The van der Waals surface area contributed by atoms with E-state index in [1.807, 2.05) is 0 Å². The Balaban J connectivity index is 1.62. The molecule has 0 spiro atoms. The molecule has 6 heteroatoms. The number of carboxylic acid groups (broad SMARTS) is 1. The number of aliphatic hydroxyl groups excluding tert-OH is 4. The summed E-state index contributed by atoms with van der Waals surface area (Å²) in [6.07, 6.45) is 2.63. The third-order valence-corrected chi connectivity index (χ3v) is 10.4. The van der Waals surface area contributed by atoms with Crippen LogP contribution in [-0.4, -0.2) is 55.9 Å². The molecule has 12 atom stereocenters. The molecule has 0 aromatic heterocycles. The van der Waals surface area contributed by atoms with Crippen molar-refractivity contribution in [2.75, 3.05) is 0 Å². The van der Waals surface area contributed by atoms with E-state index in [0.29, 0.717) is 32.1 Å². The van der Waals surface area contributed by atoms with Gasteiger partial charge in [0.15, 0.2) is 0 Å². The van der Waals surface area contributed by atoms with Gasteiger partial charge in [-0.05, 0) is 91.3 Å². The quantitative estimate of drug-likeness (QED) is 0.473. The van der Waals surface area contributed by atoms with Gasteiger partial charge in [-0.2, -0.15) is 0 Å². The maximum atomic E-state index is 11.5. The Kier molecular flexibility index (Phi) is 5.79. The van der Waals surface area contributed by atoms with Crippen LogP contribution >= 0.6 is 0 Å². The topological polar surface area (TPSA) is 118 Å². The van der Waals surface area contributed by atoms with Crippen LogP contribution in [0.1, 0.15) is 72.1 Å². The molecule has 0 aliphatic heterocycles. The van der Waals surface area contributed by atoms with E-state index in [1.165, 1.54) is 0 Å². The zero-order chi connectivity index (χ0) is 22.0. The number of rotatable bonds is 4. The molecule has 0 aromatic rings. The van der Waals surface area contributed by atoms with Crippen molar-refractivity contribution in [3.05, 3.63) is 0 Å². The molecule has 5 N–H and O–H groups in total. The minimum absolute atomic E-state index is 0.0961. The molecule has 0 aromatic carbocycles. The highest BCUT2D eigenvalue weighted by molar-refractivity contribution is 5.66. The number of aliphatic hydroxyl groups is 4. The Morgan fingerprint density at radius 2 is 1.63 bits per heavy atom. The van der Waals surface area contributed by atoms with E-state index in [1.54, 1.807) is 0 Å². The van der Waals surface area contributed by atoms with Crippen molar-refractivity contribution < 1.29 is 30.3 Å². The van der Waals surface area contributed by atoms with Gasteiger partial charge in [-0.1, -0.05) is 20.8 Å². The Morgan fingerprint density at radius 3 is 2.30 bits per heavy atom. The normalized spacial score (nSPS) is 54.0.